The van der Waals surface area contributed by atoms with Crippen molar-refractivity contribution in [3.63, 3.8) is 0 Å². The van der Waals surface area contributed by atoms with Gasteiger partial charge in [-0.3, -0.25) is 4.79 Å². The molecule has 1 aromatic rings. The van der Waals surface area contributed by atoms with Gasteiger partial charge in [-0.2, -0.15) is 0 Å². The van der Waals surface area contributed by atoms with E-state index in [1.54, 1.807) is 0 Å². The lowest BCUT2D eigenvalue weighted by molar-refractivity contribution is -0.114. The second kappa shape index (κ2) is 3.61. The molecule has 74 valence electrons. The SMILES string of the molecule is CC(=O)Nc1ccc(Br)c2c1NCC2. The number of benzene rings is 1. The van der Waals surface area contributed by atoms with Crippen molar-refractivity contribution < 1.29 is 4.79 Å². The van der Waals surface area contributed by atoms with Crippen LogP contribution in [0.25, 0.3) is 0 Å². The summed E-state index contributed by atoms with van der Waals surface area (Å²) in [6.45, 7) is 2.45. The molecule has 4 heteroatoms. The molecular weight excluding hydrogens is 244 g/mol. The summed E-state index contributed by atoms with van der Waals surface area (Å²) < 4.78 is 1.10. The third-order valence-corrected chi connectivity index (χ3v) is 2.99. The van der Waals surface area contributed by atoms with Crippen molar-refractivity contribution in [3.05, 3.63) is 22.2 Å². The summed E-state index contributed by atoms with van der Waals surface area (Å²) in [5.74, 6) is -0.0387. The second-order valence-corrected chi connectivity index (χ2v) is 4.16. The maximum Gasteiger partial charge on any atom is 0.221 e. The van der Waals surface area contributed by atoms with Crippen LogP contribution < -0.4 is 10.6 Å². The van der Waals surface area contributed by atoms with Gasteiger partial charge in [-0.05, 0) is 24.1 Å². The number of nitrogens with one attached hydrogen (secondary N) is 2. The van der Waals surface area contributed by atoms with E-state index in [4.69, 9.17) is 0 Å². The molecule has 0 unspecified atom stereocenters. The van der Waals surface area contributed by atoms with Crippen molar-refractivity contribution in [1.29, 1.82) is 0 Å². The molecule has 1 amide bonds. The van der Waals surface area contributed by atoms with E-state index in [0.29, 0.717) is 0 Å². The van der Waals surface area contributed by atoms with Gasteiger partial charge in [0.05, 0.1) is 11.4 Å². The molecule has 1 aromatic carbocycles. The number of hydrogen-bond donors (Lipinski definition) is 2. The molecule has 0 fully saturated rings. The fourth-order valence-corrected chi connectivity index (χ4v) is 2.20. The Morgan fingerprint density at radius 1 is 1.57 bits per heavy atom. The molecule has 0 saturated carbocycles. The van der Waals surface area contributed by atoms with Crippen LogP contribution in [-0.2, 0) is 11.2 Å². The molecule has 1 aliphatic heterocycles. The Kier molecular flexibility index (Phi) is 2.46. The first-order valence-corrected chi connectivity index (χ1v) is 5.30. The van der Waals surface area contributed by atoms with Gasteiger partial charge in [-0.25, -0.2) is 0 Å². The zero-order valence-electron chi connectivity index (χ0n) is 7.86. The van der Waals surface area contributed by atoms with E-state index in [2.05, 4.69) is 26.6 Å². The molecule has 1 heterocycles. The highest BCUT2D eigenvalue weighted by Crippen LogP contribution is 2.35. The van der Waals surface area contributed by atoms with Crippen LogP contribution in [0.4, 0.5) is 11.4 Å². The van der Waals surface area contributed by atoms with Crippen LogP contribution >= 0.6 is 15.9 Å². The number of fused-ring (bicyclic) bond motifs is 1. The smallest absolute Gasteiger partial charge is 0.221 e. The van der Waals surface area contributed by atoms with Crippen LogP contribution in [0.5, 0.6) is 0 Å². The monoisotopic (exact) mass is 254 g/mol. The van der Waals surface area contributed by atoms with E-state index < -0.39 is 0 Å². The number of rotatable bonds is 1. The molecule has 0 bridgehead atoms. The molecule has 14 heavy (non-hydrogen) atoms. The van der Waals surface area contributed by atoms with Crippen molar-refractivity contribution >= 4 is 33.2 Å². The average Bonchev–Trinajstić information content (AvgIpc) is 2.58. The standard InChI is InChI=1S/C10H11BrN2O/c1-6(14)13-9-3-2-8(11)7-4-5-12-10(7)9/h2-3,12H,4-5H2,1H3,(H,13,14). The van der Waals surface area contributed by atoms with Gasteiger partial charge < -0.3 is 10.6 Å². The maximum atomic E-state index is 10.9. The number of anilines is 2. The van der Waals surface area contributed by atoms with Gasteiger partial charge in [-0.15, -0.1) is 0 Å². The minimum atomic E-state index is -0.0387. The molecule has 3 nitrogen and oxygen atoms in total. The molecule has 0 aromatic heterocycles. The topological polar surface area (TPSA) is 41.1 Å². The van der Waals surface area contributed by atoms with Crippen molar-refractivity contribution in [1.82, 2.24) is 0 Å². The molecular formula is C10H11BrN2O. The predicted molar refractivity (Wildman–Crippen MR) is 60.6 cm³/mol. The van der Waals surface area contributed by atoms with Gasteiger partial charge in [-0.1, -0.05) is 15.9 Å². The van der Waals surface area contributed by atoms with Gasteiger partial charge >= 0.3 is 0 Å². The van der Waals surface area contributed by atoms with E-state index in [-0.39, 0.29) is 5.91 Å². The molecule has 2 rings (SSSR count). The summed E-state index contributed by atoms with van der Waals surface area (Å²) in [6.07, 6.45) is 1.00. The third kappa shape index (κ3) is 1.62. The predicted octanol–water partition coefficient (Wildman–Crippen LogP) is 2.38. The molecule has 0 aliphatic carbocycles. The molecule has 0 saturated heterocycles. The van der Waals surface area contributed by atoms with Gasteiger partial charge in [0.15, 0.2) is 0 Å². The lowest BCUT2D eigenvalue weighted by Crippen LogP contribution is -2.07. The summed E-state index contributed by atoms with van der Waals surface area (Å²) in [4.78, 5) is 10.9. The zero-order valence-corrected chi connectivity index (χ0v) is 9.44. The summed E-state index contributed by atoms with van der Waals surface area (Å²) in [5.41, 5.74) is 3.17. The van der Waals surface area contributed by atoms with Crippen molar-refractivity contribution in [3.8, 4) is 0 Å². The highest BCUT2D eigenvalue weighted by Gasteiger charge is 2.17. The van der Waals surface area contributed by atoms with Crippen LogP contribution in [0.1, 0.15) is 12.5 Å². The second-order valence-electron chi connectivity index (χ2n) is 3.31. The minimum absolute atomic E-state index is 0.0387. The quantitative estimate of drug-likeness (QED) is 0.808. The van der Waals surface area contributed by atoms with Crippen molar-refractivity contribution in [2.45, 2.75) is 13.3 Å². The van der Waals surface area contributed by atoms with E-state index in [1.165, 1.54) is 12.5 Å². The fourth-order valence-electron chi connectivity index (χ4n) is 1.68. The minimum Gasteiger partial charge on any atom is -0.383 e. The number of halogens is 1. The largest absolute Gasteiger partial charge is 0.383 e. The first-order chi connectivity index (χ1) is 6.68. The third-order valence-electron chi connectivity index (χ3n) is 2.24. The lowest BCUT2D eigenvalue weighted by atomic mass is 10.1. The Hall–Kier alpha value is -1.03. The highest BCUT2D eigenvalue weighted by molar-refractivity contribution is 9.10. The van der Waals surface area contributed by atoms with Gasteiger partial charge in [0.2, 0.25) is 5.91 Å². The summed E-state index contributed by atoms with van der Waals surface area (Å²) in [6, 6.07) is 3.87. The van der Waals surface area contributed by atoms with E-state index in [0.717, 1.165) is 28.8 Å². The summed E-state index contributed by atoms with van der Waals surface area (Å²) >= 11 is 3.49. The van der Waals surface area contributed by atoms with Gasteiger partial charge in [0.25, 0.3) is 0 Å². The number of amides is 1. The Balaban J connectivity index is 2.43. The zero-order chi connectivity index (χ0) is 10.1. The number of carbonyl (C=O) groups is 1. The van der Waals surface area contributed by atoms with Crippen LogP contribution in [0, 0.1) is 0 Å². The molecule has 0 atom stereocenters. The van der Waals surface area contributed by atoms with Crippen molar-refractivity contribution in [2.24, 2.45) is 0 Å². The first-order valence-electron chi connectivity index (χ1n) is 4.51. The van der Waals surface area contributed by atoms with Gasteiger partial charge in [0, 0.05) is 17.9 Å². The van der Waals surface area contributed by atoms with E-state index in [9.17, 15) is 4.79 Å². The highest BCUT2D eigenvalue weighted by atomic mass is 79.9. The molecule has 1 aliphatic rings. The van der Waals surface area contributed by atoms with Crippen LogP contribution in [0.2, 0.25) is 0 Å². The molecule has 0 spiro atoms. The average molecular weight is 255 g/mol. The normalized spacial score (nSPS) is 13.3. The summed E-state index contributed by atoms with van der Waals surface area (Å²) in [5, 5.41) is 6.08. The van der Waals surface area contributed by atoms with Crippen molar-refractivity contribution in [2.75, 3.05) is 17.2 Å². The Morgan fingerprint density at radius 3 is 3.07 bits per heavy atom. The Morgan fingerprint density at radius 2 is 2.36 bits per heavy atom. The number of carbonyl (C=O) groups excluding carboxylic acids is 1. The van der Waals surface area contributed by atoms with E-state index in [1.807, 2.05) is 12.1 Å². The Bertz CT molecular complexity index is 390. The van der Waals surface area contributed by atoms with Gasteiger partial charge in [0.1, 0.15) is 0 Å². The molecule has 0 radical (unpaired) electrons. The first kappa shape index (κ1) is 9.52. The molecule has 2 N–H and O–H groups in total. The fraction of sp³-hybridized carbons (Fsp3) is 0.300. The Labute approximate surface area is 91.0 Å². The summed E-state index contributed by atoms with van der Waals surface area (Å²) in [7, 11) is 0. The lowest BCUT2D eigenvalue weighted by Gasteiger charge is -2.10. The van der Waals surface area contributed by atoms with Crippen LogP contribution in [-0.4, -0.2) is 12.5 Å². The van der Waals surface area contributed by atoms with Crippen LogP contribution in [0.3, 0.4) is 0 Å². The van der Waals surface area contributed by atoms with E-state index >= 15 is 0 Å². The number of hydrogen-bond acceptors (Lipinski definition) is 2. The maximum absolute atomic E-state index is 10.9. The van der Waals surface area contributed by atoms with Crippen LogP contribution in [0.15, 0.2) is 16.6 Å².